The molecule has 12 heteroatoms. The van der Waals surface area contributed by atoms with Crippen molar-refractivity contribution in [3.63, 3.8) is 0 Å². The van der Waals surface area contributed by atoms with Crippen LogP contribution in [0.1, 0.15) is 56.5 Å². The minimum absolute atomic E-state index is 0.0265. The van der Waals surface area contributed by atoms with Gasteiger partial charge in [0.2, 0.25) is 5.91 Å². The molecular formula is C35H49N7O5. The average Bonchev–Trinajstić information content (AvgIpc) is 3.41. The van der Waals surface area contributed by atoms with E-state index in [-0.39, 0.29) is 36.4 Å². The lowest BCUT2D eigenvalue weighted by Crippen LogP contribution is -2.62. The summed E-state index contributed by atoms with van der Waals surface area (Å²) in [5, 5.41) is 22.4. The number of azide groups is 1. The highest BCUT2D eigenvalue weighted by Gasteiger charge is 2.57. The van der Waals surface area contributed by atoms with Crippen molar-refractivity contribution in [2.75, 3.05) is 39.7 Å². The molecule has 0 unspecified atom stereocenters. The number of aliphatic hydroxyl groups excluding tert-OH is 1. The molecule has 4 fully saturated rings. The molecule has 0 radical (unpaired) electrons. The third kappa shape index (κ3) is 6.52. The minimum Gasteiger partial charge on any atom is -0.496 e. The molecule has 6 rings (SSSR count). The second-order valence-corrected chi connectivity index (χ2v) is 14.2. The molecule has 0 aromatic heterocycles. The van der Waals surface area contributed by atoms with Crippen LogP contribution in [0, 0.1) is 29.1 Å². The van der Waals surface area contributed by atoms with Gasteiger partial charge >= 0.3 is 0 Å². The molecule has 2 aromatic carbocycles. The van der Waals surface area contributed by atoms with Gasteiger partial charge in [-0.15, -0.1) is 0 Å². The van der Waals surface area contributed by atoms with Gasteiger partial charge in [-0.3, -0.25) is 14.4 Å². The summed E-state index contributed by atoms with van der Waals surface area (Å²) in [6.07, 6.45) is 0.516. The number of methoxy groups -OCH3 is 1. The molecule has 12 nitrogen and oxygen atoms in total. The van der Waals surface area contributed by atoms with E-state index < -0.39 is 24.2 Å². The first-order valence-electron chi connectivity index (χ1n) is 16.5. The van der Waals surface area contributed by atoms with Crippen LogP contribution in [-0.2, 0) is 16.2 Å². The smallest absolute Gasteiger partial charge is 0.251 e. The molecule has 1 aliphatic heterocycles. The molecule has 3 saturated carbocycles. The summed E-state index contributed by atoms with van der Waals surface area (Å²) < 4.78 is 5.99. The number of rotatable bonds is 11. The number of hydrogen-bond acceptors (Lipinski definition) is 8. The van der Waals surface area contributed by atoms with Crippen molar-refractivity contribution in [2.45, 2.75) is 71.4 Å². The van der Waals surface area contributed by atoms with Crippen LogP contribution in [-0.4, -0.2) is 81.1 Å². The van der Waals surface area contributed by atoms with Gasteiger partial charge in [-0.1, -0.05) is 44.1 Å². The molecule has 4 aliphatic rings. The van der Waals surface area contributed by atoms with Gasteiger partial charge in [-0.25, -0.2) is 0 Å². The lowest BCUT2D eigenvalue weighted by atomic mass is 9.45. The molecule has 2 aromatic rings. The number of carbonyl (C=O) groups is 2. The first-order chi connectivity index (χ1) is 22.3. The molecular weight excluding hydrogens is 598 g/mol. The van der Waals surface area contributed by atoms with Crippen molar-refractivity contribution in [3.8, 4) is 16.9 Å². The topological polar surface area (TPSA) is 152 Å². The third-order valence-electron chi connectivity index (χ3n) is 11.1. The minimum atomic E-state index is -0.907. The van der Waals surface area contributed by atoms with Gasteiger partial charge in [0.05, 0.1) is 32.4 Å². The van der Waals surface area contributed by atoms with Gasteiger partial charge in [0.1, 0.15) is 11.8 Å². The van der Waals surface area contributed by atoms with Crippen molar-refractivity contribution < 1.29 is 24.3 Å². The highest BCUT2D eigenvalue weighted by atomic mass is 16.7. The highest BCUT2D eigenvalue weighted by molar-refractivity contribution is 5.97. The molecule has 3 N–H and O–H groups in total. The normalized spacial score (nSPS) is 28.4. The summed E-state index contributed by atoms with van der Waals surface area (Å²) in [7, 11) is 7.02. The lowest BCUT2D eigenvalue weighted by molar-refractivity contribution is -0.175. The number of aliphatic hydroxyl groups is 1. The monoisotopic (exact) mass is 647 g/mol. The number of benzene rings is 2. The maximum absolute atomic E-state index is 14.2. The van der Waals surface area contributed by atoms with Crippen LogP contribution < -0.4 is 20.3 Å². The van der Waals surface area contributed by atoms with Crippen molar-refractivity contribution in [1.82, 2.24) is 15.7 Å². The fourth-order valence-corrected chi connectivity index (χ4v) is 8.25. The fraction of sp³-hybridized carbons (Fsp3) is 0.600. The fourth-order valence-electron chi connectivity index (χ4n) is 8.25. The van der Waals surface area contributed by atoms with E-state index in [4.69, 9.17) is 15.1 Å². The van der Waals surface area contributed by atoms with Crippen molar-refractivity contribution in [2.24, 2.45) is 34.2 Å². The number of hydrogen-bond donors (Lipinski definition) is 3. The van der Waals surface area contributed by atoms with E-state index in [1.807, 2.05) is 55.4 Å². The number of ether oxygens (including phenoxy) is 1. The summed E-state index contributed by atoms with van der Waals surface area (Å²) in [4.78, 5) is 38.1. The Morgan fingerprint density at radius 3 is 2.60 bits per heavy atom. The van der Waals surface area contributed by atoms with Gasteiger partial charge in [0.15, 0.2) is 0 Å². The van der Waals surface area contributed by atoms with Gasteiger partial charge in [0.25, 0.3) is 5.91 Å². The zero-order valence-corrected chi connectivity index (χ0v) is 28.7. The number of fused-ring (bicyclic) bond motifs is 2. The molecule has 1 saturated heterocycles. The van der Waals surface area contributed by atoms with Crippen LogP contribution in [0.3, 0.4) is 0 Å². The SMILES string of the molecule is CNC(=O)c1cc(-c2cccc(CN3O[C@@H](CN=[N+]=[N-])[C@@H]([C@H](C)O)[C@H]3C(=O)N[C@H]3C[C@@H]4C[C@H]([C@@H]3C)C4(C)C)c2OC)cc(N(C)C)c1. The first-order valence-corrected chi connectivity index (χ1v) is 16.5. The van der Waals surface area contributed by atoms with E-state index in [9.17, 15) is 14.7 Å². The van der Waals surface area contributed by atoms with Gasteiger partial charge in [-0.2, -0.15) is 5.06 Å². The number of anilines is 1. The quantitative estimate of drug-likeness (QED) is 0.181. The van der Waals surface area contributed by atoms with Crippen LogP contribution in [0.2, 0.25) is 0 Å². The van der Waals surface area contributed by atoms with E-state index >= 15 is 0 Å². The number of nitrogens with one attached hydrogen (secondary N) is 2. The van der Waals surface area contributed by atoms with Crippen LogP contribution in [0.4, 0.5) is 5.69 Å². The highest BCUT2D eigenvalue weighted by Crippen LogP contribution is 2.61. The Labute approximate surface area is 277 Å². The summed E-state index contributed by atoms with van der Waals surface area (Å²) in [6, 6.07) is 10.6. The number of para-hydroxylation sites is 1. The number of amides is 2. The second kappa shape index (κ2) is 13.7. The zero-order valence-electron chi connectivity index (χ0n) is 28.7. The van der Waals surface area contributed by atoms with E-state index in [1.54, 1.807) is 26.1 Å². The van der Waals surface area contributed by atoms with Crippen LogP contribution in [0.15, 0.2) is 41.5 Å². The van der Waals surface area contributed by atoms with Crippen molar-refractivity contribution in [1.29, 1.82) is 0 Å². The average molecular weight is 648 g/mol. The maximum Gasteiger partial charge on any atom is 0.251 e. The number of nitrogens with zero attached hydrogens (tertiary/aromatic N) is 5. The summed E-state index contributed by atoms with van der Waals surface area (Å²) >= 11 is 0. The van der Waals surface area contributed by atoms with Crippen LogP contribution in [0.25, 0.3) is 21.6 Å². The van der Waals surface area contributed by atoms with Gasteiger partial charge in [-0.05, 0) is 72.2 Å². The summed E-state index contributed by atoms with van der Waals surface area (Å²) in [5.74, 6) is 0.975. The van der Waals surface area contributed by atoms with E-state index in [1.165, 1.54) is 6.42 Å². The molecule has 2 bridgehead atoms. The predicted molar refractivity (Wildman–Crippen MR) is 181 cm³/mol. The standard InChI is InChI=1S/C35H49N7O5/c1-19-27-15-24(35(27,3)4)16-28(19)39-34(45)31-30(20(2)43)29(17-38-40-36)47-42(31)18-21-10-9-11-26(32(21)46-8)22-12-23(33(44)37-5)14-25(13-22)41(6)7/h9-14,19-20,24,27-31,43H,15-18H2,1-8H3,(H,37,44)(H,39,45)/t19-,20-,24-,27+,28-,29-,30+,31-/m0/s1. The second-order valence-electron chi connectivity index (χ2n) is 14.2. The number of carbonyl (C=O) groups excluding carboxylic acids is 2. The van der Waals surface area contributed by atoms with Crippen molar-refractivity contribution in [3.05, 3.63) is 58.0 Å². The largest absolute Gasteiger partial charge is 0.496 e. The zero-order chi connectivity index (χ0) is 34.2. The lowest BCUT2D eigenvalue weighted by Gasteiger charge is -2.62. The Morgan fingerprint density at radius 2 is 2.00 bits per heavy atom. The predicted octanol–water partition coefficient (Wildman–Crippen LogP) is 4.77. The third-order valence-corrected chi connectivity index (χ3v) is 11.1. The van der Waals surface area contributed by atoms with Crippen LogP contribution >= 0.6 is 0 Å². The Balaban J connectivity index is 1.49. The molecule has 0 spiro atoms. The molecule has 2 amide bonds. The Morgan fingerprint density at radius 1 is 1.26 bits per heavy atom. The summed E-state index contributed by atoms with van der Waals surface area (Å²) in [6.45, 7) is 8.66. The van der Waals surface area contributed by atoms with Crippen molar-refractivity contribution >= 4 is 17.5 Å². The first kappa shape index (κ1) is 34.5. The Kier molecular flexibility index (Phi) is 10.1. The number of hydroxylamine groups is 2. The van der Waals surface area contributed by atoms with Gasteiger partial charge in [0, 0.05) is 60.4 Å². The molecule has 1 heterocycles. The Bertz CT molecular complexity index is 1540. The summed E-state index contributed by atoms with van der Waals surface area (Å²) in [5.41, 5.74) is 13.0. The molecule has 47 heavy (non-hydrogen) atoms. The van der Waals surface area contributed by atoms with E-state index in [0.29, 0.717) is 29.1 Å². The van der Waals surface area contributed by atoms with Crippen LogP contribution in [0.5, 0.6) is 5.75 Å². The van der Waals surface area contributed by atoms with Gasteiger partial charge < -0.3 is 25.4 Å². The Hall–Kier alpha value is -3.83. The molecule has 8 atom stereocenters. The molecule has 254 valence electrons. The van der Waals surface area contributed by atoms with E-state index in [0.717, 1.165) is 28.8 Å². The van der Waals surface area contributed by atoms with E-state index in [2.05, 4.69) is 41.4 Å². The molecule has 3 aliphatic carbocycles. The maximum atomic E-state index is 14.2.